The molecule has 9 nitrogen and oxygen atoms in total. The number of nitrogen functional groups attached to an aromatic ring is 2. The summed E-state index contributed by atoms with van der Waals surface area (Å²) in [6.07, 6.45) is 0. The van der Waals surface area contributed by atoms with E-state index in [4.69, 9.17) is 21.7 Å². The molecule has 0 amide bonds. The zero-order valence-corrected chi connectivity index (χ0v) is 9.07. The van der Waals surface area contributed by atoms with E-state index in [0.717, 1.165) is 0 Å². The fraction of sp³-hybridized carbons (Fsp3) is 0.500. The fourth-order valence-corrected chi connectivity index (χ4v) is 1.31. The van der Waals surface area contributed by atoms with Crippen LogP contribution in [0.2, 0.25) is 0 Å². The van der Waals surface area contributed by atoms with Crippen molar-refractivity contribution in [3.63, 3.8) is 0 Å². The summed E-state index contributed by atoms with van der Waals surface area (Å²) < 4.78 is 0.0411. The molecule has 1 heterocycles. The van der Waals surface area contributed by atoms with E-state index in [1.165, 1.54) is 4.90 Å². The summed E-state index contributed by atoms with van der Waals surface area (Å²) in [5.41, 5.74) is 10.7. The van der Waals surface area contributed by atoms with Gasteiger partial charge in [-0.2, -0.15) is 9.71 Å². The summed E-state index contributed by atoms with van der Waals surface area (Å²) >= 11 is 0. The predicted octanol–water partition coefficient (Wildman–Crippen LogP) is -2.62. The van der Waals surface area contributed by atoms with Gasteiger partial charge >= 0.3 is 11.7 Å². The number of aromatic hydroxyl groups is 1. The molecule has 7 N–H and O–H groups in total. The van der Waals surface area contributed by atoms with Crippen molar-refractivity contribution in [2.75, 3.05) is 42.7 Å². The molecule has 1 rings (SSSR count). The van der Waals surface area contributed by atoms with Gasteiger partial charge in [-0.15, -0.1) is 0 Å². The first-order valence-electron chi connectivity index (χ1n) is 4.87. The highest BCUT2D eigenvalue weighted by Crippen LogP contribution is 2.24. The lowest BCUT2D eigenvalue weighted by molar-refractivity contribution is -0.597. The van der Waals surface area contributed by atoms with Gasteiger partial charge in [-0.05, 0) is 0 Å². The molecule has 17 heavy (non-hydrogen) atoms. The average molecular weight is 245 g/mol. The van der Waals surface area contributed by atoms with E-state index in [2.05, 4.69) is 4.98 Å². The van der Waals surface area contributed by atoms with E-state index in [0.29, 0.717) is 0 Å². The predicted molar refractivity (Wildman–Crippen MR) is 60.1 cm³/mol. The maximum absolute atomic E-state index is 11.4. The first-order valence-corrected chi connectivity index (χ1v) is 4.87. The SMILES string of the molecule is Nc1nc(N(CCO)CCO)c(O)[n+]([O-])c1N. The van der Waals surface area contributed by atoms with Crippen LogP contribution in [0.1, 0.15) is 0 Å². The molecule has 0 aliphatic heterocycles. The van der Waals surface area contributed by atoms with Gasteiger partial charge in [-0.1, -0.05) is 0 Å². The van der Waals surface area contributed by atoms with Crippen molar-refractivity contribution in [3.05, 3.63) is 5.21 Å². The topological polar surface area (TPSA) is 156 Å². The number of anilines is 3. The van der Waals surface area contributed by atoms with E-state index >= 15 is 0 Å². The molecule has 1 aromatic rings. The van der Waals surface area contributed by atoms with Crippen molar-refractivity contribution in [2.45, 2.75) is 0 Å². The van der Waals surface area contributed by atoms with E-state index in [1.807, 2.05) is 0 Å². The molecule has 0 aliphatic rings. The molecule has 0 saturated carbocycles. The average Bonchev–Trinajstić information content (AvgIpc) is 2.31. The van der Waals surface area contributed by atoms with E-state index < -0.39 is 11.7 Å². The van der Waals surface area contributed by atoms with Gasteiger partial charge in [0.05, 0.1) is 13.2 Å². The second kappa shape index (κ2) is 5.37. The molecule has 0 aromatic carbocycles. The smallest absolute Gasteiger partial charge is 0.329 e. The minimum absolute atomic E-state index is 0.0411. The molecular formula is C8H15N5O4. The van der Waals surface area contributed by atoms with Gasteiger partial charge in [0.15, 0.2) is 0 Å². The third kappa shape index (κ3) is 2.57. The van der Waals surface area contributed by atoms with Gasteiger partial charge in [0, 0.05) is 13.1 Å². The fourth-order valence-electron chi connectivity index (χ4n) is 1.31. The summed E-state index contributed by atoms with van der Waals surface area (Å²) in [4.78, 5) is 5.08. The number of aromatic nitrogens is 2. The number of aliphatic hydroxyl groups is 2. The van der Waals surface area contributed by atoms with Gasteiger partial charge in [0.1, 0.15) is 0 Å². The van der Waals surface area contributed by atoms with Crippen molar-refractivity contribution in [1.29, 1.82) is 0 Å². The summed E-state index contributed by atoms with van der Waals surface area (Å²) in [6, 6.07) is 0. The summed E-state index contributed by atoms with van der Waals surface area (Å²) in [5.74, 6) is -1.48. The number of hydrogen-bond acceptors (Lipinski definition) is 8. The Hall–Kier alpha value is -2.00. The molecule has 0 saturated heterocycles. The maximum Gasteiger partial charge on any atom is 0.329 e. The molecular weight excluding hydrogens is 230 g/mol. The Balaban J connectivity index is 3.18. The number of aliphatic hydroxyl groups excluding tert-OH is 2. The Morgan fingerprint density at radius 1 is 1.24 bits per heavy atom. The van der Waals surface area contributed by atoms with E-state index in [-0.39, 0.29) is 42.7 Å². The van der Waals surface area contributed by atoms with E-state index in [9.17, 15) is 10.3 Å². The Labute approximate surface area is 97.1 Å². The quantitative estimate of drug-likeness (QED) is 0.279. The van der Waals surface area contributed by atoms with Gasteiger partial charge in [0.25, 0.3) is 0 Å². The minimum Gasteiger partial charge on any atom is -0.708 e. The Bertz CT molecular complexity index is 394. The highest BCUT2D eigenvalue weighted by molar-refractivity contribution is 5.57. The normalized spacial score (nSPS) is 10.5. The molecule has 96 valence electrons. The van der Waals surface area contributed by atoms with Gasteiger partial charge in [0.2, 0.25) is 11.6 Å². The molecule has 1 aromatic heterocycles. The number of nitrogens with two attached hydrogens (primary N) is 2. The van der Waals surface area contributed by atoms with Crippen molar-refractivity contribution < 1.29 is 20.0 Å². The van der Waals surface area contributed by atoms with Crippen LogP contribution in [-0.2, 0) is 0 Å². The van der Waals surface area contributed by atoms with Crippen LogP contribution in [0.4, 0.5) is 17.5 Å². The van der Waals surface area contributed by atoms with Crippen LogP contribution in [-0.4, -0.2) is 46.6 Å². The number of hydrogen-bond donors (Lipinski definition) is 5. The van der Waals surface area contributed by atoms with Gasteiger partial charge < -0.3 is 31.2 Å². The van der Waals surface area contributed by atoms with Crippen molar-refractivity contribution in [2.24, 2.45) is 0 Å². The molecule has 0 spiro atoms. The molecule has 0 bridgehead atoms. The molecule has 0 aliphatic carbocycles. The minimum atomic E-state index is -0.724. The summed E-state index contributed by atoms with van der Waals surface area (Å²) in [7, 11) is 0. The lowest BCUT2D eigenvalue weighted by Crippen LogP contribution is -2.37. The van der Waals surface area contributed by atoms with Gasteiger partial charge in [-0.3, -0.25) is 5.73 Å². The maximum atomic E-state index is 11.4. The molecule has 9 heteroatoms. The van der Waals surface area contributed by atoms with Gasteiger partial charge in [-0.25, -0.2) is 0 Å². The molecule has 0 atom stereocenters. The van der Waals surface area contributed by atoms with Crippen LogP contribution >= 0.6 is 0 Å². The molecule has 0 radical (unpaired) electrons. The first kappa shape index (κ1) is 13.1. The first-order chi connectivity index (χ1) is 8.02. The lowest BCUT2D eigenvalue weighted by Gasteiger charge is -2.23. The van der Waals surface area contributed by atoms with Crippen LogP contribution in [0.15, 0.2) is 0 Å². The van der Waals surface area contributed by atoms with Crippen molar-refractivity contribution >= 4 is 17.5 Å². The zero-order valence-electron chi connectivity index (χ0n) is 9.07. The highest BCUT2D eigenvalue weighted by Gasteiger charge is 2.21. The van der Waals surface area contributed by atoms with Crippen molar-refractivity contribution in [3.8, 4) is 5.88 Å². The van der Waals surface area contributed by atoms with Crippen LogP contribution in [0.3, 0.4) is 0 Å². The third-order valence-electron chi connectivity index (χ3n) is 2.14. The Morgan fingerprint density at radius 2 is 1.76 bits per heavy atom. The standard InChI is InChI=1S/C8H15N5O4/c9-5-6(10)13(17)8(16)7(11-5)12(1-3-14)2-4-15/h14-16H,1-4,10H2,(H2,9,11). The van der Waals surface area contributed by atoms with Crippen molar-refractivity contribution in [1.82, 2.24) is 4.98 Å². The van der Waals surface area contributed by atoms with Crippen LogP contribution in [0.5, 0.6) is 5.88 Å². The van der Waals surface area contributed by atoms with Crippen LogP contribution in [0.25, 0.3) is 0 Å². The third-order valence-corrected chi connectivity index (χ3v) is 2.14. The number of rotatable bonds is 5. The lowest BCUT2D eigenvalue weighted by atomic mass is 10.4. The van der Waals surface area contributed by atoms with E-state index in [1.54, 1.807) is 0 Å². The molecule has 0 fully saturated rings. The number of nitrogens with zero attached hydrogens (tertiary/aromatic N) is 3. The second-order valence-corrected chi connectivity index (χ2v) is 3.26. The Kier molecular flexibility index (Phi) is 4.12. The second-order valence-electron chi connectivity index (χ2n) is 3.26. The summed E-state index contributed by atoms with van der Waals surface area (Å²) in [6.45, 7) is -0.288. The highest BCUT2D eigenvalue weighted by atomic mass is 16.5. The zero-order chi connectivity index (χ0) is 13.0. The molecule has 0 unspecified atom stereocenters. The summed E-state index contributed by atoms with van der Waals surface area (Å²) in [5, 5.41) is 38.6. The monoisotopic (exact) mass is 245 g/mol. The Morgan fingerprint density at radius 3 is 2.24 bits per heavy atom. The largest absolute Gasteiger partial charge is 0.708 e. The van der Waals surface area contributed by atoms with Crippen LogP contribution in [0, 0.1) is 5.21 Å². The van der Waals surface area contributed by atoms with Crippen LogP contribution < -0.4 is 21.1 Å².